The summed E-state index contributed by atoms with van der Waals surface area (Å²) in [6, 6.07) is 7.66. The van der Waals surface area contributed by atoms with E-state index in [1.807, 2.05) is 17.0 Å². The van der Waals surface area contributed by atoms with Gasteiger partial charge in [-0.2, -0.15) is 0 Å². The topological polar surface area (TPSA) is 77.4 Å². The molecule has 7 nitrogen and oxygen atoms in total. The Kier molecular flexibility index (Phi) is 6.62. The van der Waals surface area contributed by atoms with Crippen LogP contribution in [0.2, 0.25) is 0 Å². The van der Waals surface area contributed by atoms with Crippen LogP contribution in [0, 0.1) is 11.6 Å². The van der Waals surface area contributed by atoms with Gasteiger partial charge >= 0.3 is 6.03 Å². The lowest BCUT2D eigenvalue weighted by atomic mass is 9.96. The molecular formula is C25H29F2N5O2. The maximum absolute atomic E-state index is 13.6. The van der Waals surface area contributed by atoms with Gasteiger partial charge in [-0.05, 0) is 69.1 Å². The Labute approximate surface area is 197 Å². The molecule has 0 aliphatic carbocycles. The fourth-order valence-corrected chi connectivity index (χ4v) is 4.95. The second-order valence-corrected chi connectivity index (χ2v) is 9.03. The van der Waals surface area contributed by atoms with Crippen LogP contribution < -0.4 is 5.32 Å². The van der Waals surface area contributed by atoms with Crippen molar-refractivity contribution < 1.29 is 18.0 Å². The fraction of sp³-hybridized carbons (Fsp3) is 0.440. The summed E-state index contributed by atoms with van der Waals surface area (Å²) in [6.45, 7) is 3.81. The van der Waals surface area contributed by atoms with E-state index in [2.05, 4.69) is 20.2 Å². The molecule has 2 aliphatic heterocycles. The molecule has 2 saturated heterocycles. The maximum atomic E-state index is 13.6. The smallest absolute Gasteiger partial charge is 0.317 e. The molecule has 4 heterocycles. The molecule has 1 atom stereocenters. The van der Waals surface area contributed by atoms with E-state index in [-0.39, 0.29) is 18.0 Å². The van der Waals surface area contributed by atoms with Crippen LogP contribution >= 0.6 is 0 Å². The number of aromatic amines is 1. The first-order valence-electron chi connectivity index (χ1n) is 11.9. The summed E-state index contributed by atoms with van der Waals surface area (Å²) in [5.74, 6) is 0.128. The monoisotopic (exact) mass is 469 g/mol. The minimum Gasteiger partial charge on any atom is -0.468 e. The Bertz CT molecular complexity index is 1100. The van der Waals surface area contributed by atoms with Crippen molar-refractivity contribution in [2.45, 2.75) is 37.6 Å². The number of carbonyl (C=O) groups is 1. The molecule has 2 N–H and O–H groups in total. The summed E-state index contributed by atoms with van der Waals surface area (Å²) in [7, 11) is 0. The summed E-state index contributed by atoms with van der Waals surface area (Å²) in [5.41, 5.74) is 1.21. The number of imidazole rings is 1. The number of aromatic nitrogens is 2. The lowest BCUT2D eigenvalue weighted by molar-refractivity contribution is 0.169. The first kappa shape index (κ1) is 22.6. The zero-order valence-corrected chi connectivity index (χ0v) is 19.0. The Morgan fingerprint density at radius 1 is 1.15 bits per heavy atom. The first-order chi connectivity index (χ1) is 16.6. The molecule has 0 bridgehead atoms. The van der Waals surface area contributed by atoms with Crippen LogP contribution in [0.25, 0.3) is 11.3 Å². The van der Waals surface area contributed by atoms with Crippen molar-refractivity contribution in [1.29, 1.82) is 0 Å². The summed E-state index contributed by atoms with van der Waals surface area (Å²) in [4.78, 5) is 24.8. The molecule has 1 aromatic carbocycles. The highest BCUT2D eigenvalue weighted by molar-refractivity contribution is 5.74. The van der Waals surface area contributed by atoms with Gasteiger partial charge in [0.15, 0.2) is 11.6 Å². The second kappa shape index (κ2) is 9.97. The van der Waals surface area contributed by atoms with E-state index in [0.29, 0.717) is 30.9 Å². The number of H-pyrrole nitrogens is 1. The number of rotatable bonds is 6. The number of amides is 2. The van der Waals surface area contributed by atoms with Crippen molar-refractivity contribution in [3.8, 4) is 11.3 Å². The van der Waals surface area contributed by atoms with Crippen molar-refractivity contribution in [3.05, 3.63) is 66.0 Å². The summed E-state index contributed by atoms with van der Waals surface area (Å²) in [5, 5.41) is 3.10. The number of carbonyl (C=O) groups excluding carboxylic acids is 1. The molecule has 0 unspecified atom stereocenters. The van der Waals surface area contributed by atoms with Crippen molar-refractivity contribution in [2.75, 3.05) is 32.7 Å². The number of halogens is 2. The zero-order chi connectivity index (χ0) is 23.5. The van der Waals surface area contributed by atoms with Crippen LogP contribution in [0.3, 0.4) is 0 Å². The van der Waals surface area contributed by atoms with E-state index < -0.39 is 11.6 Å². The Hall–Kier alpha value is -3.20. The largest absolute Gasteiger partial charge is 0.468 e. The third-order valence-corrected chi connectivity index (χ3v) is 6.89. The molecule has 3 aromatic rings. The number of furan rings is 1. The molecule has 2 fully saturated rings. The average molecular weight is 470 g/mol. The molecule has 2 aliphatic rings. The van der Waals surface area contributed by atoms with Gasteiger partial charge in [0.25, 0.3) is 0 Å². The highest BCUT2D eigenvalue weighted by atomic mass is 19.2. The van der Waals surface area contributed by atoms with E-state index in [1.165, 1.54) is 18.9 Å². The normalized spacial score (nSPS) is 18.4. The van der Waals surface area contributed by atoms with Crippen LogP contribution in [0.15, 0.2) is 47.2 Å². The molecule has 34 heavy (non-hydrogen) atoms. The van der Waals surface area contributed by atoms with Crippen LogP contribution in [0.5, 0.6) is 0 Å². The third-order valence-electron chi connectivity index (χ3n) is 6.89. The van der Waals surface area contributed by atoms with Crippen molar-refractivity contribution in [2.24, 2.45) is 0 Å². The van der Waals surface area contributed by atoms with Gasteiger partial charge in [0.2, 0.25) is 0 Å². The number of urea groups is 1. The predicted molar refractivity (Wildman–Crippen MR) is 123 cm³/mol. The van der Waals surface area contributed by atoms with Gasteiger partial charge in [-0.25, -0.2) is 18.6 Å². The standard InChI is InChI=1S/C25H29F2N5O2/c26-19-6-5-18(14-20(19)27)21-15-28-24(30-21)17-7-11-32(12-8-17)25(33)29-16-22(23-4-3-13-34-23)31-9-1-2-10-31/h3-6,13-15,17,22H,1-2,7-12,16H2,(H,28,30)(H,29,33)/t22-/m0/s1. The molecule has 180 valence electrons. The lowest BCUT2D eigenvalue weighted by Gasteiger charge is -2.32. The maximum Gasteiger partial charge on any atom is 0.317 e. The molecule has 2 aromatic heterocycles. The van der Waals surface area contributed by atoms with Gasteiger partial charge in [0.05, 0.1) is 24.2 Å². The van der Waals surface area contributed by atoms with Gasteiger partial charge < -0.3 is 19.6 Å². The van der Waals surface area contributed by atoms with E-state index in [4.69, 9.17) is 4.42 Å². The minimum absolute atomic E-state index is 0.0526. The quantitative estimate of drug-likeness (QED) is 0.550. The fourth-order valence-electron chi connectivity index (χ4n) is 4.95. The van der Waals surface area contributed by atoms with Crippen LogP contribution in [-0.2, 0) is 0 Å². The van der Waals surface area contributed by atoms with E-state index >= 15 is 0 Å². The van der Waals surface area contributed by atoms with Gasteiger partial charge in [-0.3, -0.25) is 4.90 Å². The number of hydrogen-bond donors (Lipinski definition) is 2. The van der Waals surface area contributed by atoms with Crippen molar-refractivity contribution in [3.63, 3.8) is 0 Å². The third kappa shape index (κ3) is 4.84. The van der Waals surface area contributed by atoms with Crippen molar-refractivity contribution >= 4 is 6.03 Å². The van der Waals surface area contributed by atoms with Crippen LogP contribution in [-0.4, -0.2) is 58.5 Å². The summed E-state index contributed by atoms with van der Waals surface area (Å²) < 4.78 is 32.4. The number of hydrogen-bond acceptors (Lipinski definition) is 4. The van der Waals surface area contributed by atoms with Crippen LogP contribution in [0.4, 0.5) is 13.6 Å². The van der Waals surface area contributed by atoms with Gasteiger partial charge in [-0.1, -0.05) is 0 Å². The van der Waals surface area contributed by atoms with Gasteiger partial charge in [0, 0.05) is 31.1 Å². The van der Waals surface area contributed by atoms with Gasteiger partial charge in [-0.15, -0.1) is 0 Å². The molecule has 5 rings (SSSR count). The number of nitrogens with zero attached hydrogens (tertiary/aromatic N) is 3. The first-order valence-corrected chi connectivity index (χ1v) is 11.9. The number of likely N-dealkylation sites (tertiary alicyclic amines) is 2. The van der Waals surface area contributed by atoms with Crippen LogP contribution in [0.1, 0.15) is 49.2 Å². The number of piperidine rings is 1. The zero-order valence-electron chi connectivity index (χ0n) is 19.0. The second-order valence-electron chi connectivity index (χ2n) is 9.03. The van der Waals surface area contributed by atoms with E-state index in [1.54, 1.807) is 12.5 Å². The predicted octanol–water partition coefficient (Wildman–Crippen LogP) is 4.67. The molecule has 2 amide bonds. The Balaban J connectivity index is 1.15. The number of benzene rings is 1. The highest BCUT2D eigenvalue weighted by Crippen LogP contribution is 2.29. The Morgan fingerprint density at radius 3 is 2.65 bits per heavy atom. The summed E-state index contributed by atoms with van der Waals surface area (Å²) >= 11 is 0. The van der Waals surface area contributed by atoms with E-state index in [9.17, 15) is 13.6 Å². The molecule has 0 radical (unpaired) electrons. The Morgan fingerprint density at radius 2 is 1.94 bits per heavy atom. The van der Waals surface area contributed by atoms with E-state index in [0.717, 1.165) is 49.6 Å². The van der Waals surface area contributed by atoms with Crippen molar-refractivity contribution in [1.82, 2.24) is 25.1 Å². The molecule has 9 heteroatoms. The number of nitrogens with one attached hydrogen (secondary N) is 2. The highest BCUT2D eigenvalue weighted by Gasteiger charge is 2.29. The lowest BCUT2D eigenvalue weighted by Crippen LogP contribution is -2.46. The summed E-state index contributed by atoms with van der Waals surface area (Å²) in [6.07, 6.45) is 7.23. The molecule has 0 spiro atoms. The molecule has 0 saturated carbocycles. The van der Waals surface area contributed by atoms with Gasteiger partial charge in [0.1, 0.15) is 11.6 Å². The minimum atomic E-state index is -0.882. The SMILES string of the molecule is O=C(NC[C@@H](c1ccco1)N1CCCC1)N1CCC(c2ncc(-c3ccc(F)c(F)c3)[nH]2)CC1. The average Bonchev–Trinajstić information content (AvgIpc) is 3.64. The molecular weight excluding hydrogens is 440 g/mol.